The molecule has 2 aromatic rings. The first kappa shape index (κ1) is 14.5. The summed E-state index contributed by atoms with van der Waals surface area (Å²) in [6.07, 6.45) is 3.62. The van der Waals surface area contributed by atoms with Gasteiger partial charge in [-0.15, -0.1) is 0 Å². The third-order valence-electron chi connectivity index (χ3n) is 3.92. The van der Waals surface area contributed by atoms with Crippen molar-refractivity contribution in [3.63, 3.8) is 0 Å². The van der Waals surface area contributed by atoms with Crippen LogP contribution in [0.3, 0.4) is 0 Å². The minimum Gasteiger partial charge on any atom is -0.314 e. The topological polar surface area (TPSA) is 37.8 Å². The van der Waals surface area contributed by atoms with Crippen molar-refractivity contribution < 1.29 is 0 Å². The minimum absolute atomic E-state index is 0.694. The average molecular weight is 302 g/mol. The van der Waals surface area contributed by atoms with Crippen molar-refractivity contribution in [2.45, 2.75) is 39.2 Å². The van der Waals surface area contributed by atoms with E-state index in [4.69, 9.17) is 11.6 Å². The summed E-state index contributed by atoms with van der Waals surface area (Å²) in [7, 11) is 0. The van der Waals surface area contributed by atoms with Gasteiger partial charge < -0.3 is 5.32 Å². The first-order chi connectivity index (χ1) is 10.1. The van der Waals surface area contributed by atoms with Gasteiger partial charge in [-0.05, 0) is 57.4 Å². The highest BCUT2D eigenvalue weighted by Gasteiger charge is 2.20. The van der Waals surface area contributed by atoms with Gasteiger partial charge in [0, 0.05) is 23.0 Å². The van der Waals surface area contributed by atoms with Crippen LogP contribution in [0.4, 0.5) is 0 Å². The maximum absolute atomic E-state index is 6.24. The molecular formula is C17H20ClN3. The fourth-order valence-electron chi connectivity index (χ4n) is 2.55. The summed E-state index contributed by atoms with van der Waals surface area (Å²) >= 11 is 6.24. The molecule has 1 heterocycles. The largest absolute Gasteiger partial charge is 0.314 e. The Morgan fingerprint density at radius 1 is 1.14 bits per heavy atom. The van der Waals surface area contributed by atoms with E-state index in [1.807, 2.05) is 24.3 Å². The van der Waals surface area contributed by atoms with Crippen molar-refractivity contribution in [2.75, 3.05) is 6.54 Å². The number of hydrogen-bond donors (Lipinski definition) is 1. The summed E-state index contributed by atoms with van der Waals surface area (Å²) in [6, 6.07) is 8.46. The smallest absolute Gasteiger partial charge is 0.161 e. The van der Waals surface area contributed by atoms with E-state index in [9.17, 15) is 0 Å². The normalized spacial score (nSPS) is 14.4. The molecule has 1 aromatic heterocycles. The molecule has 4 heteroatoms. The van der Waals surface area contributed by atoms with E-state index in [1.165, 1.54) is 18.4 Å². The van der Waals surface area contributed by atoms with Crippen molar-refractivity contribution in [3.05, 3.63) is 46.2 Å². The first-order valence-corrected chi connectivity index (χ1v) is 7.85. The SMILES string of the molecule is Cc1nc(-c2ccccc2Cl)nc(C)c1CCNC1CC1. The quantitative estimate of drug-likeness (QED) is 0.915. The van der Waals surface area contributed by atoms with Crippen LogP contribution in [-0.2, 0) is 6.42 Å². The number of nitrogens with one attached hydrogen (secondary N) is 1. The van der Waals surface area contributed by atoms with Crippen LogP contribution in [0.5, 0.6) is 0 Å². The number of hydrogen-bond acceptors (Lipinski definition) is 3. The van der Waals surface area contributed by atoms with E-state index in [-0.39, 0.29) is 0 Å². The lowest BCUT2D eigenvalue weighted by molar-refractivity contribution is 0.675. The van der Waals surface area contributed by atoms with Gasteiger partial charge in [0.1, 0.15) is 0 Å². The minimum atomic E-state index is 0.694. The second kappa shape index (κ2) is 6.12. The summed E-state index contributed by atoms with van der Waals surface area (Å²) in [5.74, 6) is 0.717. The van der Waals surface area contributed by atoms with Gasteiger partial charge in [-0.1, -0.05) is 23.7 Å². The molecular weight excluding hydrogens is 282 g/mol. The monoisotopic (exact) mass is 301 g/mol. The molecule has 0 unspecified atom stereocenters. The zero-order chi connectivity index (χ0) is 14.8. The van der Waals surface area contributed by atoms with Gasteiger partial charge in [-0.25, -0.2) is 9.97 Å². The lowest BCUT2D eigenvalue weighted by Crippen LogP contribution is -2.20. The molecule has 0 atom stereocenters. The number of rotatable bonds is 5. The van der Waals surface area contributed by atoms with Gasteiger partial charge in [0.2, 0.25) is 0 Å². The Balaban J connectivity index is 1.83. The van der Waals surface area contributed by atoms with Gasteiger partial charge >= 0.3 is 0 Å². The maximum atomic E-state index is 6.24. The molecule has 1 aliphatic carbocycles. The summed E-state index contributed by atoms with van der Waals surface area (Å²) in [4.78, 5) is 9.31. The third-order valence-corrected chi connectivity index (χ3v) is 4.25. The molecule has 0 spiro atoms. The van der Waals surface area contributed by atoms with E-state index in [2.05, 4.69) is 29.1 Å². The van der Waals surface area contributed by atoms with E-state index in [0.717, 1.165) is 41.8 Å². The van der Waals surface area contributed by atoms with Crippen molar-refractivity contribution >= 4 is 11.6 Å². The number of aryl methyl sites for hydroxylation is 2. The Bertz CT molecular complexity index is 627. The van der Waals surface area contributed by atoms with Crippen LogP contribution in [-0.4, -0.2) is 22.6 Å². The van der Waals surface area contributed by atoms with Crippen LogP contribution in [0, 0.1) is 13.8 Å². The van der Waals surface area contributed by atoms with Gasteiger partial charge in [-0.3, -0.25) is 0 Å². The Morgan fingerprint density at radius 2 is 1.81 bits per heavy atom. The second-order valence-electron chi connectivity index (χ2n) is 5.65. The predicted octanol–water partition coefficient (Wildman–Crippen LogP) is 3.71. The zero-order valence-corrected chi connectivity index (χ0v) is 13.2. The molecule has 1 fully saturated rings. The number of aromatic nitrogens is 2. The molecule has 3 rings (SSSR count). The summed E-state index contributed by atoms with van der Waals surface area (Å²) in [5, 5.41) is 4.23. The van der Waals surface area contributed by atoms with Crippen LogP contribution in [0.1, 0.15) is 29.8 Å². The molecule has 21 heavy (non-hydrogen) atoms. The predicted molar refractivity (Wildman–Crippen MR) is 86.7 cm³/mol. The molecule has 1 N–H and O–H groups in total. The standard InChI is InChI=1S/C17H20ClN3/c1-11-14(9-10-19-13-7-8-13)12(2)21-17(20-11)15-5-3-4-6-16(15)18/h3-6,13,19H,7-10H2,1-2H3. The molecule has 0 amide bonds. The van der Waals surface area contributed by atoms with Gasteiger partial charge in [0.15, 0.2) is 5.82 Å². The fourth-order valence-corrected chi connectivity index (χ4v) is 2.77. The molecule has 110 valence electrons. The molecule has 0 radical (unpaired) electrons. The third kappa shape index (κ3) is 3.42. The highest BCUT2D eigenvalue weighted by atomic mass is 35.5. The lowest BCUT2D eigenvalue weighted by atomic mass is 10.1. The molecule has 1 aliphatic rings. The van der Waals surface area contributed by atoms with Crippen LogP contribution >= 0.6 is 11.6 Å². The summed E-state index contributed by atoms with van der Waals surface area (Å²) in [6.45, 7) is 5.12. The van der Waals surface area contributed by atoms with E-state index in [0.29, 0.717) is 5.02 Å². The van der Waals surface area contributed by atoms with Gasteiger partial charge in [-0.2, -0.15) is 0 Å². The van der Waals surface area contributed by atoms with Crippen LogP contribution < -0.4 is 5.32 Å². The molecule has 0 aliphatic heterocycles. The zero-order valence-electron chi connectivity index (χ0n) is 12.5. The molecule has 1 aromatic carbocycles. The van der Waals surface area contributed by atoms with Crippen LogP contribution in [0.25, 0.3) is 11.4 Å². The van der Waals surface area contributed by atoms with Crippen molar-refractivity contribution in [3.8, 4) is 11.4 Å². The molecule has 0 bridgehead atoms. The number of nitrogens with zero attached hydrogens (tertiary/aromatic N) is 2. The van der Waals surface area contributed by atoms with Gasteiger partial charge in [0.05, 0.1) is 5.02 Å². The van der Waals surface area contributed by atoms with Crippen LogP contribution in [0.15, 0.2) is 24.3 Å². The number of halogens is 1. The highest BCUT2D eigenvalue weighted by Crippen LogP contribution is 2.26. The van der Waals surface area contributed by atoms with Crippen molar-refractivity contribution in [2.24, 2.45) is 0 Å². The van der Waals surface area contributed by atoms with E-state index < -0.39 is 0 Å². The number of benzene rings is 1. The molecule has 3 nitrogen and oxygen atoms in total. The van der Waals surface area contributed by atoms with Gasteiger partial charge in [0.25, 0.3) is 0 Å². The molecule has 0 saturated heterocycles. The van der Waals surface area contributed by atoms with Crippen molar-refractivity contribution in [1.82, 2.24) is 15.3 Å². The van der Waals surface area contributed by atoms with E-state index >= 15 is 0 Å². The summed E-state index contributed by atoms with van der Waals surface area (Å²) < 4.78 is 0. The summed E-state index contributed by atoms with van der Waals surface area (Å²) in [5.41, 5.74) is 4.25. The lowest BCUT2D eigenvalue weighted by Gasteiger charge is -2.12. The fraction of sp³-hybridized carbons (Fsp3) is 0.412. The van der Waals surface area contributed by atoms with Crippen LogP contribution in [0.2, 0.25) is 5.02 Å². The Kier molecular flexibility index (Phi) is 4.22. The van der Waals surface area contributed by atoms with Crippen molar-refractivity contribution in [1.29, 1.82) is 0 Å². The Morgan fingerprint density at radius 3 is 2.43 bits per heavy atom. The average Bonchev–Trinajstić information content (AvgIpc) is 3.26. The Hall–Kier alpha value is -1.45. The Labute approximate surface area is 130 Å². The maximum Gasteiger partial charge on any atom is 0.161 e. The second-order valence-corrected chi connectivity index (χ2v) is 6.06. The van der Waals surface area contributed by atoms with E-state index in [1.54, 1.807) is 0 Å². The highest BCUT2D eigenvalue weighted by molar-refractivity contribution is 6.33. The molecule has 1 saturated carbocycles. The first-order valence-electron chi connectivity index (χ1n) is 7.47.